The highest BCUT2D eigenvalue weighted by Crippen LogP contribution is 2.30. The number of likely N-dealkylation sites (tertiary alicyclic amines) is 1. The number of aromatic nitrogens is 4. The SMILES string of the molecule is Cc1ccc(NC(=O)c2cccc(C(F)(F)F)c2)cc1C#Cc1nn([C@@H]2CCN(C)C2)c2ncnc(N)c12. The van der Waals surface area contributed by atoms with Gasteiger partial charge in [-0.2, -0.15) is 18.3 Å². The summed E-state index contributed by atoms with van der Waals surface area (Å²) in [6.45, 7) is 3.65. The molecular formula is C27H24F3N7O. The number of carbonyl (C=O) groups excluding carboxylic acids is 1. The molecule has 4 aromatic rings. The Kier molecular flexibility index (Phi) is 6.50. The van der Waals surface area contributed by atoms with Crippen molar-refractivity contribution >= 4 is 28.4 Å². The van der Waals surface area contributed by atoms with Gasteiger partial charge in [-0.3, -0.25) is 4.79 Å². The first-order chi connectivity index (χ1) is 18.1. The van der Waals surface area contributed by atoms with Gasteiger partial charge in [0.15, 0.2) is 5.65 Å². The fourth-order valence-electron chi connectivity index (χ4n) is 4.45. The van der Waals surface area contributed by atoms with Crippen molar-refractivity contribution in [2.75, 3.05) is 31.2 Å². The van der Waals surface area contributed by atoms with Crippen molar-refractivity contribution in [1.29, 1.82) is 0 Å². The molecule has 5 rings (SSSR count). The molecule has 1 saturated heterocycles. The number of carbonyl (C=O) groups is 1. The zero-order valence-electron chi connectivity index (χ0n) is 20.7. The number of halogens is 3. The topological polar surface area (TPSA) is 102 Å². The minimum atomic E-state index is -4.54. The number of nitrogens with two attached hydrogens (primary N) is 1. The van der Waals surface area contributed by atoms with E-state index >= 15 is 0 Å². The first kappa shape index (κ1) is 25.2. The molecule has 3 heterocycles. The third kappa shape index (κ3) is 5.03. The number of fused-ring (bicyclic) bond motifs is 1. The van der Waals surface area contributed by atoms with Crippen molar-refractivity contribution in [3.63, 3.8) is 0 Å². The predicted octanol–water partition coefficient (Wildman–Crippen LogP) is 4.26. The summed E-state index contributed by atoms with van der Waals surface area (Å²) in [7, 11) is 2.05. The Bertz CT molecular complexity index is 1600. The quantitative estimate of drug-likeness (QED) is 0.392. The van der Waals surface area contributed by atoms with E-state index in [0.29, 0.717) is 28.0 Å². The van der Waals surface area contributed by atoms with Gasteiger partial charge in [-0.25, -0.2) is 14.6 Å². The van der Waals surface area contributed by atoms with E-state index in [1.165, 1.54) is 18.5 Å². The number of hydrogen-bond acceptors (Lipinski definition) is 6. The molecule has 2 aromatic carbocycles. The zero-order chi connectivity index (χ0) is 27.0. The van der Waals surface area contributed by atoms with Gasteiger partial charge in [-0.05, 0) is 62.2 Å². The number of likely N-dealkylation sites (N-methyl/N-ethyl adjacent to an activating group) is 1. The average molecular weight is 520 g/mol. The van der Waals surface area contributed by atoms with Gasteiger partial charge in [0.1, 0.15) is 17.8 Å². The maximum Gasteiger partial charge on any atom is 0.416 e. The second-order valence-corrected chi connectivity index (χ2v) is 9.27. The first-order valence-corrected chi connectivity index (χ1v) is 11.9. The number of amides is 1. The van der Waals surface area contributed by atoms with Gasteiger partial charge in [0.05, 0.1) is 17.0 Å². The molecule has 0 radical (unpaired) electrons. The van der Waals surface area contributed by atoms with Crippen LogP contribution in [0.3, 0.4) is 0 Å². The Labute approximate surface area is 216 Å². The Balaban J connectivity index is 1.45. The van der Waals surface area contributed by atoms with Gasteiger partial charge in [-0.1, -0.05) is 18.1 Å². The molecule has 0 unspecified atom stereocenters. The minimum absolute atomic E-state index is 0.0990. The fraction of sp³-hybridized carbons (Fsp3) is 0.259. The minimum Gasteiger partial charge on any atom is -0.383 e. The van der Waals surface area contributed by atoms with Crippen LogP contribution in [0.4, 0.5) is 24.7 Å². The zero-order valence-corrected chi connectivity index (χ0v) is 20.7. The molecule has 38 heavy (non-hydrogen) atoms. The van der Waals surface area contributed by atoms with Crippen molar-refractivity contribution in [3.8, 4) is 11.8 Å². The van der Waals surface area contributed by atoms with Crippen molar-refractivity contribution in [2.45, 2.75) is 25.6 Å². The Morgan fingerprint density at radius 2 is 1.97 bits per heavy atom. The molecule has 1 aliphatic rings. The molecule has 0 spiro atoms. The highest BCUT2D eigenvalue weighted by atomic mass is 19.4. The van der Waals surface area contributed by atoms with E-state index in [1.807, 2.05) is 11.6 Å². The molecule has 0 saturated carbocycles. The standard InChI is InChI=1S/C27H24F3N7O/c1-16-6-8-20(34-26(38)18-4-3-5-19(12-18)27(28,29)30)13-17(16)7-9-22-23-24(31)32-15-33-25(23)37(35-22)21-10-11-36(2)14-21/h3-6,8,12-13,15,21H,10-11,14H2,1-2H3,(H,34,38)(H2,31,32,33)/t21-/m1/s1. The lowest BCUT2D eigenvalue weighted by Gasteiger charge is -2.11. The maximum atomic E-state index is 13.0. The fourth-order valence-corrected chi connectivity index (χ4v) is 4.45. The van der Waals surface area contributed by atoms with E-state index < -0.39 is 17.6 Å². The number of hydrogen-bond donors (Lipinski definition) is 2. The van der Waals surface area contributed by atoms with Crippen molar-refractivity contribution in [3.05, 3.63) is 76.7 Å². The summed E-state index contributed by atoms with van der Waals surface area (Å²) in [5.74, 6) is 5.81. The van der Waals surface area contributed by atoms with E-state index in [2.05, 4.69) is 39.1 Å². The second kappa shape index (κ2) is 9.79. The Morgan fingerprint density at radius 1 is 1.16 bits per heavy atom. The molecule has 11 heteroatoms. The van der Waals surface area contributed by atoms with Crippen LogP contribution >= 0.6 is 0 Å². The Morgan fingerprint density at radius 3 is 2.71 bits per heavy atom. The number of benzene rings is 2. The largest absolute Gasteiger partial charge is 0.416 e. The second-order valence-electron chi connectivity index (χ2n) is 9.27. The summed E-state index contributed by atoms with van der Waals surface area (Å²) in [5, 5.41) is 7.95. The van der Waals surface area contributed by atoms with Gasteiger partial charge in [0, 0.05) is 29.9 Å². The van der Waals surface area contributed by atoms with E-state index in [0.717, 1.165) is 37.2 Å². The van der Waals surface area contributed by atoms with Crippen LogP contribution in [0, 0.1) is 18.8 Å². The number of alkyl halides is 3. The van der Waals surface area contributed by atoms with Crippen molar-refractivity contribution < 1.29 is 18.0 Å². The van der Waals surface area contributed by atoms with Crippen molar-refractivity contribution in [1.82, 2.24) is 24.6 Å². The monoisotopic (exact) mass is 519 g/mol. The van der Waals surface area contributed by atoms with E-state index in [1.54, 1.807) is 18.2 Å². The van der Waals surface area contributed by atoms with Gasteiger partial charge >= 0.3 is 6.18 Å². The molecule has 1 aliphatic heterocycles. The number of nitrogen functional groups attached to an aromatic ring is 1. The van der Waals surface area contributed by atoms with Gasteiger partial charge in [-0.15, -0.1) is 0 Å². The Hall–Kier alpha value is -4.43. The predicted molar refractivity (Wildman–Crippen MR) is 137 cm³/mol. The van der Waals surface area contributed by atoms with Crippen LogP contribution in [0.1, 0.15) is 45.2 Å². The van der Waals surface area contributed by atoms with Crippen LogP contribution < -0.4 is 11.1 Å². The maximum absolute atomic E-state index is 13.0. The normalized spacial score (nSPS) is 15.9. The van der Waals surface area contributed by atoms with Crippen LogP contribution in [0.2, 0.25) is 0 Å². The number of nitrogens with zero attached hydrogens (tertiary/aromatic N) is 5. The van der Waals surface area contributed by atoms with Gasteiger partial charge in [0.2, 0.25) is 0 Å². The molecule has 0 aliphatic carbocycles. The van der Waals surface area contributed by atoms with Crippen LogP contribution in [0.25, 0.3) is 11.0 Å². The molecule has 8 nitrogen and oxygen atoms in total. The summed E-state index contributed by atoms with van der Waals surface area (Å²) in [6, 6.07) is 9.51. The third-order valence-electron chi connectivity index (χ3n) is 6.49. The van der Waals surface area contributed by atoms with Crippen LogP contribution in [0.5, 0.6) is 0 Å². The number of aryl methyl sites for hydroxylation is 1. The molecule has 1 atom stereocenters. The molecule has 1 fully saturated rings. The molecular weight excluding hydrogens is 495 g/mol. The lowest BCUT2D eigenvalue weighted by molar-refractivity contribution is -0.137. The van der Waals surface area contributed by atoms with Crippen LogP contribution in [-0.2, 0) is 6.18 Å². The average Bonchev–Trinajstić information content (AvgIpc) is 3.48. The van der Waals surface area contributed by atoms with Crippen molar-refractivity contribution in [2.24, 2.45) is 0 Å². The summed E-state index contributed by atoms with van der Waals surface area (Å²) in [4.78, 5) is 23.4. The highest BCUT2D eigenvalue weighted by molar-refractivity contribution is 6.04. The van der Waals surface area contributed by atoms with E-state index in [-0.39, 0.29) is 17.4 Å². The van der Waals surface area contributed by atoms with Gasteiger partial charge < -0.3 is 16.0 Å². The van der Waals surface area contributed by atoms with E-state index in [9.17, 15) is 18.0 Å². The van der Waals surface area contributed by atoms with Crippen LogP contribution in [-0.4, -0.2) is 50.7 Å². The molecule has 3 N–H and O–H groups in total. The highest BCUT2D eigenvalue weighted by Gasteiger charge is 2.31. The first-order valence-electron chi connectivity index (χ1n) is 11.9. The molecule has 2 aromatic heterocycles. The van der Waals surface area contributed by atoms with E-state index in [4.69, 9.17) is 10.8 Å². The summed E-state index contributed by atoms with van der Waals surface area (Å²) in [6.07, 6.45) is -2.20. The number of nitrogens with one attached hydrogen (secondary N) is 1. The number of anilines is 2. The molecule has 1 amide bonds. The summed E-state index contributed by atoms with van der Waals surface area (Å²) >= 11 is 0. The van der Waals surface area contributed by atoms with Gasteiger partial charge in [0.25, 0.3) is 5.91 Å². The lowest BCUT2D eigenvalue weighted by Crippen LogP contribution is -2.17. The number of rotatable bonds is 3. The molecule has 0 bridgehead atoms. The summed E-state index contributed by atoms with van der Waals surface area (Å²) in [5.41, 5.74) is 8.11. The molecule has 194 valence electrons. The summed E-state index contributed by atoms with van der Waals surface area (Å²) < 4.78 is 41.0. The smallest absolute Gasteiger partial charge is 0.383 e. The van der Waals surface area contributed by atoms with Crippen LogP contribution in [0.15, 0.2) is 48.8 Å². The lowest BCUT2D eigenvalue weighted by atomic mass is 10.1. The third-order valence-corrected chi connectivity index (χ3v) is 6.49.